The Kier molecular flexibility index (Phi) is 6.75. The molecule has 150 valence electrons. The van der Waals surface area contributed by atoms with Crippen molar-refractivity contribution < 1.29 is 32.2 Å². The summed E-state index contributed by atoms with van der Waals surface area (Å²) in [5.41, 5.74) is 0.487. The normalized spacial score (nSPS) is 15.2. The fourth-order valence-corrected chi connectivity index (χ4v) is 2.76. The van der Waals surface area contributed by atoms with Crippen molar-refractivity contribution in [1.82, 2.24) is 10.2 Å². The lowest BCUT2D eigenvalue weighted by atomic mass is 9.96. The zero-order valence-electron chi connectivity index (χ0n) is 15.1. The van der Waals surface area contributed by atoms with Crippen LogP contribution in [0, 0.1) is 5.92 Å². The molecule has 0 saturated carbocycles. The number of halogens is 3. The van der Waals surface area contributed by atoms with E-state index in [4.69, 9.17) is 9.47 Å². The van der Waals surface area contributed by atoms with Crippen LogP contribution in [0.4, 0.5) is 23.7 Å². The van der Waals surface area contributed by atoms with Crippen LogP contribution < -0.4 is 20.1 Å². The molecule has 0 aliphatic carbocycles. The summed E-state index contributed by atoms with van der Waals surface area (Å²) < 4.78 is 46.8. The first-order chi connectivity index (χ1) is 12.7. The van der Waals surface area contributed by atoms with E-state index < -0.39 is 24.5 Å². The van der Waals surface area contributed by atoms with Crippen molar-refractivity contribution in [1.29, 1.82) is 0 Å². The molecule has 1 aromatic rings. The fourth-order valence-electron chi connectivity index (χ4n) is 2.76. The Morgan fingerprint density at radius 3 is 2.15 bits per heavy atom. The molecule has 0 bridgehead atoms. The Hall–Kier alpha value is -2.65. The lowest BCUT2D eigenvalue weighted by Crippen LogP contribution is -2.45. The molecule has 0 aromatic heterocycles. The van der Waals surface area contributed by atoms with E-state index in [-0.39, 0.29) is 19.1 Å². The molecule has 1 aliphatic rings. The van der Waals surface area contributed by atoms with E-state index in [1.54, 1.807) is 18.2 Å². The number of ether oxygens (including phenoxy) is 2. The van der Waals surface area contributed by atoms with Gasteiger partial charge in [0.1, 0.15) is 18.0 Å². The fraction of sp³-hybridized carbons (Fsp3) is 0.529. The molecule has 7 nitrogen and oxygen atoms in total. The number of carbonyl (C=O) groups is 2. The second-order valence-corrected chi connectivity index (χ2v) is 6.13. The maximum Gasteiger partial charge on any atom is 0.405 e. The van der Waals surface area contributed by atoms with Crippen LogP contribution in [0.2, 0.25) is 0 Å². The number of anilines is 1. The van der Waals surface area contributed by atoms with Crippen molar-refractivity contribution in [2.45, 2.75) is 19.0 Å². The van der Waals surface area contributed by atoms with Crippen LogP contribution in [-0.2, 0) is 4.79 Å². The van der Waals surface area contributed by atoms with Crippen molar-refractivity contribution in [3.05, 3.63) is 18.2 Å². The Balaban J connectivity index is 1.87. The molecule has 3 amide bonds. The van der Waals surface area contributed by atoms with Gasteiger partial charge in [0, 0.05) is 42.9 Å². The monoisotopic (exact) mass is 389 g/mol. The first-order valence-electron chi connectivity index (χ1n) is 8.35. The highest BCUT2D eigenvalue weighted by atomic mass is 19.4. The molecule has 1 saturated heterocycles. The summed E-state index contributed by atoms with van der Waals surface area (Å²) in [6, 6.07) is 4.58. The van der Waals surface area contributed by atoms with Crippen LogP contribution in [-0.4, -0.2) is 56.9 Å². The number of benzene rings is 1. The summed E-state index contributed by atoms with van der Waals surface area (Å²) >= 11 is 0. The van der Waals surface area contributed by atoms with Crippen LogP contribution in [0.1, 0.15) is 12.8 Å². The van der Waals surface area contributed by atoms with Gasteiger partial charge >= 0.3 is 12.2 Å². The highest BCUT2D eigenvalue weighted by Gasteiger charge is 2.31. The molecule has 1 fully saturated rings. The third-order valence-corrected chi connectivity index (χ3v) is 4.22. The Labute approximate surface area is 154 Å². The van der Waals surface area contributed by atoms with Crippen LogP contribution in [0.15, 0.2) is 18.2 Å². The summed E-state index contributed by atoms with van der Waals surface area (Å²) in [6.07, 6.45) is -3.83. The zero-order valence-corrected chi connectivity index (χ0v) is 15.1. The van der Waals surface area contributed by atoms with E-state index in [1.807, 2.05) is 5.32 Å². The summed E-state index contributed by atoms with van der Waals surface area (Å²) in [4.78, 5) is 25.7. The van der Waals surface area contributed by atoms with Crippen LogP contribution in [0.25, 0.3) is 0 Å². The number of urea groups is 1. The predicted molar refractivity (Wildman–Crippen MR) is 91.9 cm³/mol. The van der Waals surface area contributed by atoms with E-state index in [1.165, 1.54) is 19.1 Å². The molecule has 0 atom stereocenters. The average molecular weight is 389 g/mol. The van der Waals surface area contributed by atoms with E-state index >= 15 is 0 Å². The molecular weight excluding hydrogens is 367 g/mol. The van der Waals surface area contributed by atoms with Crippen molar-refractivity contribution >= 4 is 17.6 Å². The summed E-state index contributed by atoms with van der Waals surface area (Å²) in [6.45, 7) is -0.793. The van der Waals surface area contributed by atoms with E-state index in [9.17, 15) is 22.8 Å². The number of nitrogens with zero attached hydrogens (tertiary/aromatic N) is 1. The SMILES string of the molecule is COc1cc(NC(=O)N2CCC(C(=O)NCC(F)(F)F)CC2)cc(OC)c1. The van der Waals surface area contributed by atoms with Gasteiger partial charge < -0.3 is 25.0 Å². The van der Waals surface area contributed by atoms with Gasteiger partial charge in [-0.05, 0) is 12.8 Å². The van der Waals surface area contributed by atoms with Gasteiger partial charge in [0.2, 0.25) is 5.91 Å². The highest BCUT2D eigenvalue weighted by Crippen LogP contribution is 2.26. The Morgan fingerprint density at radius 2 is 1.67 bits per heavy atom. The maximum atomic E-state index is 12.4. The number of hydrogen-bond acceptors (Lipinski definition) is 4. The zero-order chi connectivity index (χ0) is 20.0. The second-order valence-electron chi connectivity index (χ2n) is 6.13. The van der Waals surface area contributed by atoms with Crippen LogP contribution in [0.3, 0.4) is 0 Å². The van der Waals surface area contributed by atoms with Gasteiger partial charge in [0.15, 0.2) is 0 Å². The first kappa shape index (κ1) is 20.7. The Morgan fingerprint density at radius 1 is 1.11 bits per heavy atom. The second kappa shape index (κ2) is 8.83. The lowest BCUT2D eigenvalue weighted by Gasteiger charge is -2.31. The smallest absolute Gasteiger partial charge is 0.405 e. The molecule has 2 rings (SSSR count). The van der Waals surface area contributed by atoms with Crippen molar-refractivity contribution in [2.75, 3.05) is 39.2 Å². The van der Waals surface area contributed by atoms with Crippen molar-refractivity contribution in [3.8, 4) is 11.5 Å². The molecule has 0 radical (unpaired) electrons. The number of methoxy groups -OCH3 is 2. The molecule has 10 heteroatoms. The standard InChI is InChI=1S/C17H22F3N3O4/c1-26-13-7-12(8-14(9-13)27-2)22-16(25)23-5-3-11(4-6-23)15(24)21-10-17(18,19)20/h7-9,11H,3-6,10H2,1-2H3,(H,21,24)(H,22,25). The molecule has 0 spiro atoms. The predicted octanol–water partition coefficient (Wildman–Crippen LogP) is 2.63. The topological polar surface area (TPSA) is 79.9 Å². The maximum absolute atomic E-state index is 12.4. The van der Waals surface area contributed by atoms with E-state index in [0.717, 1.165) is 0 Å². The number of alkyl halides is 3. The molecule has 1 heterocycles. The minimum Gasteiger partial charge on any atom is -0.497 e. The van der Waals surface area contributed by atoms with Crippen LogP contribution >= 0.6 is 0 Å². The first-order valence-corrected chi connectivity index (χ1v) is 8.35. The number of nitrogens with one attached hydrogen (secondary N) is 2. The number of piperidine rings is 1. The third-order valence-electron chi connectivity index (χ3n) is 4.22. The number of carbonyl (C=O) groups excluding carboxylic acids is 2. The number of hydrogen-bond donors (Lipinski definition) is 2. The van der Waals surface area contributed by atoms with E-state index in [2.05, 4.69) is 5.32 Å². The minimum absolute atomic E-state index is 0.275. The molecule has 2 N–H and O–H groups in total. The van der Waals surface area contributed by atoms with Gasteiger partial charge in [0.25, 0.3) is 0 Å². The average Bonchev–Trinajstić information content (AvgIpc) is 2.65. The molecule has 1 aliphatic heterocycles. The lowest BCUT2D eigenvalue weighted by molar-refractivity contribution is -0.141. The van der Waals surface area contributed by atoms with Gasteiger partial charge in [-0.15, -0.1) is 0 Å². The molecule has 27 heavy (non-hydrogen) atoms. The minimum atomic E-state index is -4.44. The van der Waals surface area contributed by atoms with E-state index in [0.29, 0.717) is 30.0 Å². The van der Waals surface area contributed by atoms with Crippen molar-refractivity contribution in [3.63, 3.8) is 0 Å². The number of likely N-dealkylation sites (tertiary alicyclic amines) is 1. The van der Waals surface area contributed by atoms with Gasteiger partial charge in [-0.2, -0.15) is 13.2 Å². The quantitative estimate of drug-likeness (QED) is 0.811. The van der Waals surface area contributed by atoms with Gasteiger partial charge in [-0.1, -0.05) is 0 Å². The van der Waals surface area contributed by atoms with Gasteiger partial charge in [-0.25, -0.2) is 4.79 Å². The number of amides is 3. The summed E-state index contributed by atoms with van der Waals surface area (Å²) in [5, 5.41) is 4.62. The van der Waals surface area contributed by atoms with Gasteiger partial charge in [-0.3, -0.25) is 4.79 Å². The summed E-state index contributed by atoms with van der Waals surface area (Å²) in [7, 11) is 2.99. The van der Waals surface area contributed by atoms with Crippen molar-refractivity contribution in [2.24, 2.45) is 5.92 Å². The largest absolute Gasteiger partial charge is 0.497 e. The summed E-state index contributed by atoms with van der Waals surface area (Å²) in [5.74, 6) is -0.132. The third kappa shape index (κ3) is 6.22. The molecule has 0 unspecified atom stereocenters. The Bertz CT molecular complexity index is 652. The van der Waals surface area contributed by atoms with Crippen LogP contribution in [0.5, 0.6) is 11.5 Å². The van der Waals surface area contributed by atoms with Gasteiger partial charge in [0.05, 0.1) is 14.2 Å². The highest BCUT2D eigenvalue weighted by molar-refractivity contribution is 5.90. The molecular formula is C17H22F3N3O4. The number of rotatable bonds is 5. The molecule has 1 aromatic carbocycles.